The van der Waals surface area contributed by atoms with E-state index in [1.165, 1.54) is 6.07 Å². The third-order valence-corrected chi connectivity index (χ3v) is 6.26. The Hall–Kier alpha value is -3.46. The molecule has 2 aliphatic rings. The first kappa shape index (κ1) is 21.4. The first-order valence-electron chi connectivity index (χ1n) is 11.1. The summed E-state index contributed by atoms with van der Waals surface area (Å²) in [6, 6.07) is 6.75. The summed E-state index contributed by atoms with van der Waals surface area (Å²) < 4.78 is 22.1. The normalized spacial score (nSPS) is 16.8. The third-order valence-electron chi connectivity index (χ3n) is 6.26. The van der Waals surface area contributed by atoms with Crippen LogP contribution in [0.2, 0.25) is 0 Å². The lowest BCUT2D eigenvalue weighted by Gasteiger charge is -2.26. The van der Waals surface area contributed by atoms with Gasteiger partial charge >= 0.3 is 0 Å². The molecule has 2 N–H and O–H groups in total. The number of nitrogens with one attached hydrogen (secondary N) is 2. The zero-order valence-electron chi connectivity index (χ0n) is 18.8. The van der Waals surface area contributed by atoms with E-state index in [0.29, 0.717) is 37.5 Å². The molecule has 172 valence electrons. The average Bonchev–Trinajstić information content (AvgIpc) is 3.46. The van der Waals surface area contributed by atoms with Gasteiger partial charge in [0.1, 0.15) is 17.4 Å². The molecule has 0 radical (unpaired) electrons. The van der Waals surface area contributed by atoms with Crippen LogP contribution in [0.15, 0.2) is 46.4 Å². The maximum Gasteiger partial charge on any atom is 0.248 e. The van der Waals surface area contributed by atoms with Gasteiger partial charge in [0.2, 0.25) is 5.56 Å². The van der Waals surface area contributed by atoms with Gasteiger partial charge in [-0.05, 0) is 37.9 Å². The van der Waals surface area contributed by atoms with Crippen molar-refractivity contribution in [2.45, 2.75) is 25.4 Å². The van der Waals surface area contributed by atoms with Crippen molar-refractivity contribution in [3.8, 4) is 5.75 Å². The Morgan fingerprint density at radius 2 is 2.21 bits per heavy atom. The average molecular weight is 451 g/mol. The lowest BCUT2D eigenvalue weighted by molar-refractivity contribution is 0.356. The summed E-state index contributed by atoms with van der Waals surface area (Å²) in [6.45, 7) is 2.95. The Morgan fingerprint density at radius 3 is 3.06 bits per heavy atom. The highest BCUT2D eigenvalue weighted by Gasteiger charge is 2.28. The topological polar surface area (TPSA) is 87.5 Å². The monoisotopic (exact) mass is 450 g/mol. The molecule has 0 saturated carbocycles. The first-order chi connectivity index (χ1) is 16.0. The Labute approximate surface area is 191 Å². The van der Waals surface area contributed by atoms with Gasteiger partial charge in [0.15, 0.2) is 0 Å². The van der Waals surface area contributed by atoms with Gasteiger partial charge in [0.05, 0.1) is 19.7 Å². The summed E-state index contributed by atoms with van der Waals surface area (Å²) >= 11 is 0. The lowest BCUT2D eigenvalue weighted by Crippen LogP contribution is -2.33. The van der Waals surface area contributed by atoms with Crippen LogP contribution in [0.3, 0.4) is 0 Å². The first-order valence-corrected chi connectivity index (χ1v) is 11.1. The molecule has 8 nitrogen and oxygen atoms in total. The number of aliphatic imine (C=N–C) groups is 1. The van der Waals surface area contributed by atoms with E-state index in [0.717, 1.165) is 41.2 Å². The molecule has 1 aromatic carbocycles. The molecule has 3 aromatic rings. The Kier molecular flexibility index (Phi) is 5.72. The number of hydrogen-bond donors (Lipinski definition) is 2. The van der Waals surface area contributed by atoms with Gasteiger partial charge in [0, 0.05) is 66.3 Å². The molecule has 33 heavy (non-hydrogen) atoms. The number of ether oxygens (including phenoxy) is 1. The van der Waals surface area contributed by atoms with Gasteiger partial charge in [0.25, 0.3) is 0 Å². The zero-order valence-corrected chi connectivity index (χ0v) is 18.8. The third kappa shape index (κ3) is 4.16. The number of aromatic amines is 1. The Bertz CT molecular complexity index is 1260. The summed E-state index contributed by atoms with van der Waals surface area (Å²) in [5.41, 5.74) is 4.07. The van der Waals surface area contributed by atoms with E-state index >= 15 is 0 Å². The van der Waals surface area contributed by atoms with Crippen LogP contribution in [-0.2, 0) is 19.5 Å². The molecule has 5 rings (SSSR count). The number of nitrogens with zero attached hydrogens (tertiary/aromatic N) is 4. The van der Waals surface area contributed by atoms with Crippen LogP contribution in [0.5, 0.6) is 5.75 Å². The molecule has 0 amide bonds. The van der Waals surface area contributed by atoms with Crippen LogP contribution in [0, 0.1) is 5.82 Å². The highest BCUT2D eigenvalue weighted by Crippen LogP contribution is 2.32. The van der Waals surface area contributed by atoms with Gasteiger partial charge in [-0.3, -0.25) is 14.5 Å². The predicted octanol–water partition coefficient (Wildman–Crippen LogP) is 1.89. The quantitative estimate of drug-likeness (QED) is 0.599. The number of fused-ring (bicyclic) bond motifs is 2. The van der Waals surface area contributed by atoms with Crippen LogP contribution in [0.1, 0.15) is 33.9 Å². The molecular weight excluding hydrogens is 423 g/mol. The van der Waals surface area contributed by atoms with E-state index in [9.17, 15) is 9.18 Å². The number of rotatable bonds is 6. The molecule has 1 atom stereocenters. The molecule has 9 heteroatoms. The minimum absolute atomic E-state index is 0.0800. The highest BCUT2D eigenvalue weighted by molar-refractivity contribution is 6.01. The van der Waals surface area contributed by atoms with E-state index in [1.807, 2.05) is 24.8 Å². The predicted molar refractivity (Wildman–Crippen MR) is 124 cm³/mol. The summed E-state index contributed by atoms with van der Waals surface area (Å²) in [4.78, 5) is 21.9. The smallest absolute Gasteiger partial charge is 0.248 e. The maximum atomic E-state index is 14.6. The number of amidine groups is 1. The number of H-pyrrole nitrogens is 1. The van der Waals surface area contributed by atoms with Crippen molar-refractivity contribution in [1.82, 2.24) is 25.0 Å². The van der Waals surface area contributed by atoms with E-state index in [-0.39, 0.29) is 17.3 Å². The second-order valence-electron chi connectivity index (χ2n) is 8.65. The number of benzene rings is 1. The van der Waals surface area contributed by atoms with Crippen LogP contribution < -0.4 is 15.6 Å². The van der Waals surface area contributed by atoms with Gasteiger partial charge in [-0.25, -0.2) is 4.39 Å². The van der Waals surface area contributed by atoms with Crippen molar-refractivity contribution in [2.24, 2.45) is 4.99 Å². The minimum Gasteiger partial charge on any atom is -0.493 e. The van der Waals surface area contributed by atoms with E-state index in [2.05, 4.69) is 20.3 Å². The fraction of sp³-hybridized carbons (Fsp3) is 0.375. The Morgan fingerprint density at radius 1 is 1.33 bits per heavy atom. The summed E-state index contributed by atoms with van der Waals surface area (Å²) in [7, 11) is 4.05. The van der Waals surface area contributed by atoms with E-state index < -0.39 is 0 Å². The maximum absolute atomic E-state index is 14.6. The molecule has 1 unspecified atom stereocenters. The largest absolute Gasteiger partial charge is 0.493 e. The molecule has 2 aromatic heterocycles. The van der Waals surface area contributed by atoms with Crippen molar-refractivity contribution >= 4 is 5.84 Å². The summed E-state index contributed by atoms with van der Waals surface area (Å²) in [6.07, 6.45) is 4.17. The molecule has 0 aliphatic carbocycles. The SMILES string of the molecule is CN(C)CCn1nccc1C1CN=C(NCc2c(F)ccc3c2CCO3)c2c[nH]c(=O)cc21. The highest BCUT2D eigenvalue weighted by atomic mass is 19.1. The minimum atomic E-state index is -0.257. The number of aromatic nitrogens is 3. The fourth-order valence-corrected chi connectivity index (χ4v) is 4.55. The van der Waals surface area contributed by atoms with Crippen LogP contribution in [0.4, 0.5) is 4.39 Å². The van der Waals surface area contributed by atoms with Crippen molar-refractivity contribution in [3.05, 3.63) is 80.8 Å². The van der Waals surface area contributed by atoms with Crippen molar-refractivity contribution in [1.29, 1.82) is 0 Å². The molecule has 0 bridgehead atoms. The van der Waals surface area contributed by atoms with E-state index in [1.54, 1.807) is 24.5 Å². The van der Waals surface area contributed by atoms with Crippen molar-refractivity contribution in [2.75, 3.05) is 33.8 Å². The number of halogens is 1. The number of pyridine rings is 1. The lowest BCUT2D eigenvalue weighted by atomic mass is 9.89. The second-order valence-corrected chi connectivity index (χ2v) is 8.65. The zero-order chi connectivity index (χ0) is 22.9. The van der Waals surface area contributed by atoms with Gasteiger partial charge in [-0.15, -0.1) is 0 Å². The van der Waals surface area contributed by atoms with Crippen molar-refractivity contribution in [3.63, 3.8) is 0 Å². The number of hydrogen-bond acceptors (Lipinski definition) is 6. The van der Waals surface area contributed by atoms with Gasteiger partial charge in [-0.2, -0.15) is 5.10 Å². The van der Waals surface area contributed by atoms with Crippen LogP contribution >= 0.6 is 0 Å². The standard InChI is InChI=1S/C24H27FN6O2/c1-30(2)8-9-31-21(5-7-29-31)18-13-28-24(19-14-26-23(32)11-16(18)19)27-12-17-15-6-10-33-22(15)4-3-20(17)25/h3-5,7,11,14,18H,6,8-10,12-13H2,1-2H3,(H,26,32)(H,27,28). The Balaban J connectivity index is 1.43. The van der Waals surface area contributed by atoms with E-state index in [4.69, 9.17) is 9.73 Å². The van der Waals surface area contributed by atoms with Crippen LogP contribution in [-0.4, -0.2) is 59.3 Å². The molecule has 0 saturated heterocycles. The summed E-state index contributed by atoms with van der Waals surface area (Å²) in [5.74, 6) is 1.05. The van der Waals surface area contributed by atoms with Gasteiger partial charge in [-0.1, -0.05) is 0 Å². The fourth-order valence-electron chi connectivity index (χ4n) is 4.55. The molecule has 0 spiro atoms. The molecule has 2 aliphatic heterocycles. The molecule has 0 fully saturated rings. The van der Waals surface area contributed by atoms with Crippen molar-refractivity contribution < 1.29 is 9.13 Å². The summed E-state index contributed by atoms with van der Waals surface area (Å²) in [5, 5.41) is 7.79. The van der Waals surface area contributed by atoms with Gasteiger partial charge < -0.3 is 19.9 Å². The second kappa shape index (κ2) is 8.82. The van der Waals surface area contributed by atoms with Crippen LogP contribution in [0.25, 0.3) is 0 Å². The molecule has 4 heterocycles. The number of likely N-dealkylation sites (N-methyl/N-ethyl adjacent to an activating group) is 1. The molecular formula is C24H27FN6O2.